The maximum absolute atomic E-state index is 5.83. The fourth-order valence-electron chi connectivity index (χ4n) is 2.09. The monoisotopic (exact) mass is 234 g/mol. The van der Waals surface area contributed by atoms with Crippen molar-refractivity contribution < 1.29 is 0 Å². The number of pyridine rings is 1. The minimum atomic E-state index is 0.193. The Balaban J connectivity index is 2.28. The molecule has 0 bridgehead atoms. The van der Waals surface area contributed by atoms with Gasteiger partial charge in [-0.2, -0.15) is 4.98 Å². The Morgan fingerprint density at radius 1 is 1.25 bits per heavy atom. The van der Waals surface area contributed by atoms with Crippen LogP contribution in [0.5, 0.6) is 0 Å². The van der Waals surface area contributed by atoms with Crippen molar-refractivity contribution in [3.8, 4) is 0 Å². The molecule has 5 heteroatoms. The van der Waals surface area contributed by atoms with Crippen LogP contribution in [0.2, 0.25) is 5.28 Å². The lowest BCUT2D eigenvalue weighted by atomic mass is 9.80. The second-order valence-corrected chi connectivity index (χ2v) is 4.44. The molecule has 2 aromatic heterocycles. The predicted molar refractivity (Wildman–Crippen MR) is 63.3 cm³/mol. The van der Waals surface area contributed by atoms with Gasteiger partial charge in [-0.1, -0.05) is 6.42 Å². The SMILES string of the molecule is Nc1nc(Cl)nc2c(C3CCC3)ccnc12. The van der Waals surface area contributed by atoms with Gasteiger partial charge in [-0.25, -0.2) is 4.98 Å². The molecule has 2 N–H and O–H groups in total. The van der Waals surface area contributed by atoms with Crippen LogP contribution in [0.1, 0.15) is 30.7 Å². The molecule has 0 aliphatic heterocycles. The van der Waals surface area contributed by atoms with Gasteiger partial charge < -0.3 is 5.73 Å². The average Bonchev–Trinajstić information content (AvgIpc) is 2.16. The number of nitrogen functional groups attached to an aromatic ring is 1. The van der Waals surface area contributed by atoms with Gasteiger partial charge in [-0.15, -0.1) is 0 Å². The first-order valence-corrected chi connectivity index (χ1v) is 5.71. The highest BCUT2D eigenvalue weighted by Crippen LogP contribution is 2.39. The first-order valence-electron chi connectivity index (χ1n) is 5.33. The van der Waals surface area contributed by atoms with Gasteiger partial charge in [-0.05, 0) is 42.0 Å². The largest absolute Gasteiger partial charge is 0.382 e. The molecule has 0 aromatic carbocycles. The fourth-order valence-corrected chi connectivity index (χ4v) is 2.27. The molecule has 1 saturated carbocycles. The Hall–Kier alpha value is -1.42. The van der Waals surface area contributed by atoms with Crippen LogP contribution < -0.4 is 5.73 Å². The molecule has 0 atom stereocenters. The van der Waals surface area contributed by atoms with Crippen LogP contribution in [0, 0.1) is 0 Å². The van der Waals surface area contributed by atoms with Crippen molar-refractivity contribution in [3.05, 3.63) is 23.1 Å². The molecule has 2 aromatic rings. The smallest absolute Gasteiger partial charge is 0.225 e. The summed E-state index contributed by atoms with van der Waals surface area (Å²) in [7, 11) is 0. The summed E-state index contributed by atoms with van der Waals surface area (Å²) >= 11 is 5.83. The van der Waals surface area contributed by atoms with Crippen LogP contribution >= 0.6 is 11.6 Å². The third kappa shape index (κ3) is 1.41. The van der Waals surface area contributed by atoms with Crippen LogP contribution in [-0.4, -0.2) is 15.0 Å². The summed E-state index contributed by atoms with van der Waals surface area (Å²) in [4.78, 5) is 12.4. The molecule has 0 unspecified atom stereocenters. The Bertz CT molecular complexity index is 551. The maximum Gasteiger partial charge on any atom is 0.225 e. The van der Waals surface area contributed by atoms with E-state index in [9.17, 15) is 0 Å². The number of rotatable bonds is 1. The second-order valence-electron chi connectivity index (χ2n) is 4.10. The number of fused-ring (bicyclic) bond motifs is 1. The lowest BCUT2D eigenvalue weighted by Gasteiger charge is -2.26. The zero-order chi connectivity index (χ0) is 11.1. The maximum atomic E-state index is 5.83. The molecular formula is C11H11ClN4. The Kier molecular flexibility index (Phi) is 2.17. The minimum absolute atomic E-state index is 0.193. The van der Waals surface area contributed by atoms with Crippen molar-refractivity contribution in [1.82, 2.24) is 15.0 Å². The molecule has 1 aliphatic carbocycles. The summed E-state index contributed by atoms with van der Waals surface area (Å²) in [6.45, 7) is 0. The summed E-state index contributed by atoms with van der Waals surface area (Å²) < 4.78 is 0. The first kappa shape index (κ1) is 9.78. The van der Waals surface area contributed by atoms with E-state index in [1.807, 2.05) is 6.07 Å². The molecule has 1 aliphatic rings. The molecule has 0 spiro atoms. The van der Waals surface area contributed by atoms with Crippen molar-refractivity contribution >= 4 is 28.5 Å². The molecule has 1 fully saturated rings. The third-order valence-corrected chi connectivity index (χ3v) is 3.33. The van der Waals surface area contributed by atoms with Gasteiger partial charge in [0.25, 0.3) is 0 Å². The number of hydrogen-bond acceptors (Lipinski definition) is 4. The van der Waals surface area contributed by atoms with Gasteiger partial charge in [0.2, 0.25) is 5.28 Å². The van der Waals surface area contributed by atoms with Gasteiger partial charge in [0, 0.05) is 6.20 Å². The van der Waals surface area contributed by atoms with Gasteiger partial charge in [-0.3, -0.25) is 4.98 Å². The zero-order valence-electron chi connectivity index (χ0n) is 8.65. The normalized spacial score (nSPS) is 16.3. The van der Waals surface area contributed by atoms with E-state index in [-0.39, 0.29) is 5.28 Å². The van der Waals surface area contributed by atoms with E-state index in [2.05, 4.69) is 15.0 Å². The quantitative estimate of drug-likeness (QED) is 0.770. The summed E-state index contributed by atoms with van der Waals surface area (Å²) in [5, 5.41) is 0.193. The lowest BCUT2D eigenvalue weighted by molar-refractivity contribution is 0.421. The van der Waals surface area contributed by atoms with Crippen LogP contribution in [0.4, 0.5) is 5.82 Å². The van der Waals surface area contributed by atoms with E-state index in [1.54, 1.807) is 6.20 Å². The van der Waals surface area contributed by atoms with Crippen molar-refractivity contribution in [3.63, 3.8) is 0 Å². The molecule has 0 radical (unpaired) electrons. The highest BCUT2D eigenvalue weighted by Gasteiger charge is 2.23. The van der Waals surface area contributed by atoms with E-state index in [1.165, 1.54) is 24.8 Å². The predicted octanol–water partition coefficient (Wildman–Crippen LogP) is 2.53. The number of halogens is 1. The fraction of sp³-hybridized carbons (Fsp3) is 0.364. The highest BCUT2D eigenvalue weighted by atomic mass is 35.5. The number of anilines is 1. The summed E-state index contributed by atoms with van der Waals surface area (Å²) in [6, 6.07) is 2.01. The zero-order valence-corrected chi connectivity index (χ0v) is 9.41. The van der Waals surface area contributed by atoms with Gasteiger partial charge in [0.1, 0.15) is 5.52 Å². The summed E-state index contributed by atoms with van der Waals surface area (Å²) in [6.07, 6.45) is 5.47. The number of nitrogens with two attached hydrogens (primary N) is 1. The molecule has 0 saturated heterocycles. The Labute approximate surface area is 97.9 Å². The van der Waals surface area contributed by atoms with E-state index in [4.69, 9.17) is 17.3 Å². The molecule has 3 rings (SSSR count). The van der Waals surface area contributed by atoms with Crippen molar-refractivity contribution in [2.75, 3.05) is 5.73 Å². The van der Waals surface area contributed by atoms with Crippen LogP contribution in [-0.2, 0) is 0 Å². The number of hydrogen-bond donors (Lipinski definition) is 1. The van der Waals surface area contributed by atoms with Crippen molar-refractivity contribution in [2.24, 2.45) is 0 Å². The second kappa shape index (κ2) is 3.56. The van der Waals surface area contributed by atoms with Crippen molar-refractivity contribution in [1.29, 1.82) is 0 Å². The molecular weight excluding hydrogens is 224 g/mol. The van der Waals surface area contributed by atoms with Crippen molar-refractivity contribution in [2.45, 2.75) is 25.2 Å². The lowest BCUT2D eigenvalue weighted by Crippen LogP contribution is -2.10. The minimum Gasteiger partial charge on any atom is -0.382 e. The van der Waals surface area contributed by atoms with E-state index >= 15 is 0 Å². The van der Waals surface area contributed by atoms with Gasteiger partial charge >= 0.3 is 0 Å². The summed E-state index contributed by atoms with van der Waals surface area (Å²) in [5.74, 6) is 0.937. The molecule has 16 heavy (non-hydrogen) atoms. The number of aromatic nitrogens is 3. The standard InChI is InChI=1S/C11H11ClN4/c12-11-15-8-7(6-2-1-3-6)4-5-14-9(8)10(13)16-11/h4-6H,1-3H2,(H2,13,15,16). The van der Waals surface area contributed by atoms with Crippen LogP contribution in [0.3, 0.4) is 0 Å². The molecule has 4 nitrogen and oxygen atoms in total. The average molecular weight is 235 g/mol. The van der Waals surface area contributed by atoms with E-state index in [0.29, 0.717) is 17.3 Å². The Morgan fingerprint density at radius 2 is 2.06 bits per heavy atom. The van der Waals surface area contributed by atoms with E-state index < -0.39 is 0 Å². The molecule has 2 heterocycles. The topological polar surface area (TPSA) is 64.7 Å². The Morgan fingerprint density at radius 3 is 2.75 bits per heavy atom. The van der Waals surface area contributed by atoms with Gasteiger partial charge in [0.05, 0.1) is 5.52 Å². The number of nitrogens with zero attached hydrogens (tertiary/aromatic N) is 3. The molecule has 0 amide bonds. The van der Waals surface area contributed by atoms with E-state index in [0.717, 1.165) is 5.52 Å². The summed E-state index contributed by atoms with van der Waals surface area (Å²) in [5.41, 5.74) is 8.46. The van der Waals surface area contributed by atoms with Gasteiger partial charge in [0.15, 0.2) is 5.82 Å². The van der Waals surface area contributed by atoms with Crippen LogP contribution in [0.25, 0.3) is 11.0 Å². The molecule has 82 valence electrons. The highest BCUT2D eigenvalue weighted by molar-refractivity contribution is 6.28. The first-order chi connectivity index (χ1) is 7.75. The third-order valence-electron chi connectivity index (χ3n) is 3.16. The van der Waals surface area contributed by atoms with Crippen LogP contribution in [0.15, 0.2) is 12.3 Å².